The highest BCUT2D eigenvalue weighted by atomic mass is 16.5. The third kappa shape index (κ3) is 4.71. The van der Waals surface area contributed by atoms with Gasteiger partial charge in [-0.05, 0) is 25.3 Å². The molecule has 2 amide bonds. The minimum Gasteiger partial charge on any atom is -0.383 e. The van der Waals surface area contributed by atoms with E-state index in [9.17, 15) is 4.79 Å². The number of fused-ring (bicyclic) bond motifs is 1. The molecule has 7 heteroatoms. The van der Waals surface area contributed by atoms with Crippen molar-refractivity contribution in [3.63, 3.8) is 0 Å². The lowest BCUT2D eigenvalue weighted by molar-refractivity contribution is 0.196. The van der Waals surface area contributed by atoms with Crippen molar-refractivity contribution in [1.82, 2.24) is 25.2 Å². The molecule has 0 saturated heterocycles. The molecule has 0 bridgehead atoms. The number of carbonyl (C=O) groups is 1. The van der Waals surface area contributed by atoms with E-state index in [4.69, 9.17) is 4.74 Å². The third-order valence-corrected chi connectivity index (χ3v) is 3.01. The predicted molar refractivity (Wildman–Crippen MR) is 79.3 cm³/mol. The van der Waals surface area contributed by atoms with Gasteiger partial charge in [-0.1, -0.05) is 0 Å². The van der Waals surface area contributed by atoms with E-state index in [1.807, 2.05) is 25.4 Å². The quantitative estimate of drug-likeness (QED) is 0.743. The first-order valence-electron chi connectivity index (χ1n) is 7.00. The molecule has 0 atom stereocenters. The van der Waals surface area contributed by atoms with Crippen LogP contribution < -0.4 is 10.6 Å². The van der Waals surface area contributed by atoms with Crippen molar-refractivity contribution in [3.05, 3.63) is 29.7 Å². The van der Waals surface area contributed by atoms with Crippen LogP contribution in [0, 0.1) is 6.92 Å². The van der Waals surface area contributed by atoms with Gasteiger partial charge in [-0.25, -0.2) is 14.3 Å². The highest BCUT2D eigenvalue weighted by Gasteiger charge is 2.02. The molecule has 2 heterocycles. The van der Waals surface area contributed by atoms with Crippen LogP contribution in [0.5, 0.6) is 0 Å². The van der Waals surface area contributed by atoms with Crippen LogP contribution in [0.1, 0.15) is 17.7 Å². The lowest BCUT2D eigenvalue weighted by Crippen LogP contribution is -2.37. The SMILES string of the molecule is COCCNC(=O)NCCCc1cnc2cc(C)nn2c1. The fourth-order valence-corrected chi connectivity index (χ4v) is 1.99. The van der Waals surface area contributed by atoms with E-state index in [0.717, 1.165) is 29.7 Å². The highest BCUT2D eigenvalue weighted by Crippen LogP contribution is 2.06. The van der Waals surface area contributed by atoms with Crippen LogP contribution in [0.2, 0.25) is 0 Å². The Bertz CT molecular complexity index is 596. The molecule has 2 N–H and O–H groups in total. The zero-order chi connectivity index (χ0) is 15.1. The molecule has 21 heavy (non-hydrogen) atoms. The van der Waals surface area contributed by atoms with Gasteiger partial charge < -0.3 is 15.4 Å². The van der Waals surface area contributed by atoms with Gasteiger partial charge >= 0.3 is 6.03 Å². The molecule has 0 saturated carbocycles. The Balaban J connectivity index is 1.71. The number of aromatic nitrogens is 3. The number of hydrogen-bond donors (Lipinski definition) is 2. The van der Waals surface area contributed by atoms with Crippen molar-refractivity contribution in [3.8, 4) is 0 Å². The Labute approximate surface area is 123 Å². The van der Waals surface area contributed by atoms with Gasteiger partial charge in [0.15, 0.2) is 5.65 Å². The maximum Gasteiger partial charge on any atom is 0.314 e. The van der Waals surface area contributed by atoms with Gasteiger partial charge in [-0.2, -0.15) is 5.10 Å². The Morgan fingerprint density at radius 2 is 2.19 bits per heavy atom. The fraction of sp³-hybridized carbons (Fsp3) is 0.500. The molecular weight excluding hydrogens is 270 g/mol. The van der Waals surface area contributed by atoms with Crippen molar-refractivity contribution in [1.29, 1.82) is 0 Å². The first-order chi connectivity index (χ1) is 10.2. The zero-order valence-corrected chi connectivity index (χ0v) is 12.4. The van der Waals surface area contributed by atoms with Crippen LogP contribution in [0.4, 0.5) is 4.79 Å². The van der Waals surface area contributed by atoms with Gasteiger partial charge in [0.1, 0.15) is 0 Å². The number of amides is 2. The molecule has 0 aromatic carbocycles. The topological polar surface area (TPSA) is 80.5 Å². The summed E-state index contributed by atoms with van der Waals surface area (Å²) in [6, 6.07) is 1.78. The summed E-state index contributed by atoms with van der Waals surface area (Å²) in [6.07, 6.45) is 5.54. The predicted octanol–water partition coefficient (Wildman–Crippen LogP) is 0.916. The average molecular weight is 291 g/mol. The number of nitrogens with zero attached hydrogens (tertiary/aromatic N) is 3. The molecule has 0 radical (unpaired) electrons. The highest BCUT2D eigenvalue weighted by molar-refractivity contribution is 5.73. The number of methoxy groups -OCH3 is 1. The Morgan fingerprint density at radius 1 is 1.38 bits per heavy atom. The summed E-state index contributed by atoms with van der Waals surface area (Å²) in [5, 5.41) is 9.85. The summed E-state index contributed by atoms with van der Waals surface area (Å²) in [5.41, 5.74) is 2.91. The van der Waals surface area contributed by atoms with Crippen molar-refractivity contribution in [2.75, 3.05) is 26.8 Å². The maximum atomic E-state index is 11.4. The summed E-state index contributed by atoms with van der Waals surface area (Å²) in [6.45, 7) is 3.60. The van der Waals surface area contributed by atoms with E-state index in [0.29, 0.717) is 19.7 Å². The molecule has 2 aromatic rings. The van der Waals surface area contributed by atoms with E-state index in [2.05, 4.69) is 20.7 Å². The van der Waals surface area contributed by atoms with Gasteiger partial charge in [-0.15, -0.1) is 0 Å². The molecule has 2 aromatic heterocycles. The Kier molecular flexibility index (Phi) is 5.51. The summed E-state index contributed by atoms with van der Waals surface area (Å²) in [5.74, 6) is 0. The van der Waals surface area contributed by atoms with Gasteiger partial charge in [0.05, 0.1) is 12.3 Å². The van der Waals surface area contributed by atoms with Crippen LogP contribution in [0.15, 0.2) is 18.5 Å². The van der Waals surface area contributed by atoms with Crippen LogP contribution in [0.25, 0.3) is 5.65 Å². The number of nitrogens with one attached hydrogen (secondary N) is 2. The van der Waals surface area contributed by atoms with Crippen LogP contribution in [-0.4, -0.2) is 47.4 Å². The summed E-state index contributed by atoms with van der Waals surface area (Å²) < 4.78 is 6.64. The zero-order valence-electron chi connectivity index (χ0n) is 12.4. The number of ether oxygens (including phenoxy) is 1. The van der Waals surface area contributed by atoms with Crippen molar-refractivity contribution in [2.24, 2.45) is 0 Å². The first kappa shape index (κ1) is 15.2. The lowest BCUT2D eigenvalue weighted by Gasteiger charge is -2.07. The van der Waals surface area contributed by atoms with E-state index in [1.54, 1.807) is 11.6 Å². The van der Waals surface area contributed by atoms with Gasteiger partial charge in [-0.3, -0.25) is 0 Å². The van der Waals surface area contributed by atoms with Gasteiger partial charge in [0.25, 0.3) is 0 Å². The Hall–Kier alpha value is -2.15. The van der Waals surface area contributed by atoms with Crippen LogP contribution in [-0.2, 0) is 11.2 Å². The largest absolute Gasteiger partial charge is 0.383 e. The number of rotatable bonds is 7. The maximum absolute atomic E-state index is 11.4. The minimum atomic E-state index is -0.164. The van der Waals surface area contributed by atoms with E-state index >= 15 is 0 Å². The number of hydrogen-bond acceptors (Lipinski definition) is 4. The van der Waals surface area contributed by atoms with Gasteiger partial charge in [0, 0.05) is 38.7 Å². The van der Waals surface area contributed by atoms with Crippen molar-refractivity contribution >= 4 is 11.7 Å². The summed E-state index contributed by atoms with van der Waals surface area (Å²) in [7, 11) is 1.60. The van der Waals surface area contributed by atoms with E-state index in [-0.39, 0.29) is 6.03 Å². The normalized spacial score (nSPS) is 10.8. The molecular formula is C14H21N5O2. The number of carbonyl (C=O) groups excluding carboxylic acids is 1. The van der Waals surface area contributed by atoms with E-state index in [1.165, 1.54) is 0 Å². The molecule has 0 fully saturated rings. The standard InChI is InChI=1S/C14H21N5O2/c1-11-8-13-17-9-12(10-19(13)18-11)4-3-5-15-14(20)16-6-7-21-2/h8-10H,3-7H2,1-2H3,(H2,15,16,20). The van der Waals surface area contributed by atoms with E-state index < -0.39 is 0 Å². The lowest BCUT2D eigenvalue weighted by atomic mass is 10.2. The average Bonchev–Trinajstić information content (AvgIpc) is 2.83. The third-order valence-electron chi connectivity index (χ3n) is 3.01. The number of aryl methyl sites for hydroxylation is 2. The molecule has 0 aliphatic heterocycles. The second kappa shape index (κ2) is 7.58. The molecule has 114 valence electrons. The van der Waals surface area contributed by atoms with Crippen LogP contribution in [0.3, 0.4) is 0 Å². The first-order valence-corrected chi connectivity index (χ1v) is 7.00. The molecule has 0 aliphatic rings. The molecule has 7 nitrogen and oxygen atoms in total. The summed E-state index contributed by atoms with van der Waals surface area (Å²) in [4.78, 5) is 15.8. The summed E-state index contributed by atoms with van der Waals surface area (Å²) >= 11 is 0. The minimum absolute atomic E-state index is 0.164. The Morgan fingerprint density at radius 3 is 3.00 bits per heavy atom. The molecule has 2 rings (SSSR count). The molecule has 0 unspecified atom stereocenters. The fourth-order valence-electron chi connectivity index (χ4n) is 1.99. The van der Waals surface area contributed by atoms with Crippen molar-refractivity contribution < 1.29 is 9.53 Å². The molecule has 0 spiro atoms. The molecule has 0 aliphatic carbocycles. The van der Waals surface area contributed by atoms with Crippen LogP contribution >= 0.6 is 0 Å². The van der Waals surface area contributed by atoms with Crippen molar-refractivity contribution in [2.45, 2.75) is 19.8 Å². The smallest absolute Gasteiger partial charge is 0.314 e. The second-order valence-corrected chi connectivity index (χ2v) is 4.83. The second-order valence-electron chi connectivity index (χ2n) is 4.83. The number of urea groups is 1. The monoisotopic (exact) mass is 291 g/mol. The van der Waals surface area contributed by atoms with Gasteiger partial charge in [0.2, 0.25) is 0 Å².